The van der Waals surface area contributed by atoms with Gasteiger partial charge in [-0.2, -0.15) is 5.21 Å². The third-order valence-corrected chi connectivity index (χ3v) is 6.55. The van der Waals surface area contributed by atoms with Crippen molar-refractivity contribution in [2.75, 3.05) is 6.54 Å². The molecule has 2 N–H and O–H groups in total. The summed E-state index contributed by atoms with van der Waals surface area (Å²) < 4.78 is 6.14. The largest absolute Gasteiger partial charge is 0.374 e. The molecular formula is C23H37N5O3. The van der Waals surface area contributed by atoms with E-state index >= 15 is 0 Å². The van der Waals surface area contributed by atoms with Crippen LogP contribution < -0.4 is 5.32 Å². The highest BCUT2D eigenvalue weighted by Crippen LogP contribution is 2.44. The van der Waals surface area contributed by atoms with Gasteiger partial charge in [0.1, 0.15) is 5.78 Å². The lowest BCUT2D eigenvalue weighted by Gasteiger charge is -2.27. The number of ether oxygens (including phenoxy) is 1. The molecule has 4 atom stereocenters. The van der Waals surface area contributed by atoms with E-state index in [0.717, 1.165) is 63.6 Å². The molecule has 3 heterocycles. The van der Waals surface area contributed by atoms with Crippen molar-refractivity contribution in [1.82, 2.24) is 25.9 Å². The van der Waals surface area contributed by atoms with E-state index in [1.165, 1.54) is 0 Å². The molecule has 0 aromatic carbocycles. The number of unbranched alkanes of at least 4 members (excludes halogenated alkanes) is 3. The SMILES string of the molecule is CCCCCC(=O)CCC(=O)NC[C@@H]1[C@H](CC=CCCCc2nn[nH]n2)[C@@H]2CC[C@H]1O2. The summed E-state index contributed by atoms with van der Waals surface area (Å²) in [5.41, 5.74) is 0. The van der Waals surface area contributed by atoms with Crippen LogP contribution in [0.3, 0.4) is 0 Å². The maximum atomic E-state index is 12.2. The molecule has 8 heteroatoms. The Morgan fingerprint density at radius 3 is 2.71 bits per heavy atom. The zero-order valence-corrected chi connectivity index (χ0v) is 18.7. The second-order valence-corrected chi connectivity index (χ2v) is 8.85. The highest BCUT2D eigenvalue weighted by molar-refractivity contribution is 5.84. The van der Waals surface area contributed by atoms with Crippen LogP contribution in [0.5, 0.6) is 0 Å². The van der Waals surface area contributed by atoms with Gasteiger partial charge in [-0.3, -0.25) is 9.59 Å². The van der Waals surface area contributed by atoms with Crippen molar-refractivity contribution in [2.45, 2.75) is 96.2 Å². The van der Waals surface area contributed by atoms with Gasteiger partial charge in [0.2, 0.25) is 5.91 Å². The van der Waals surface area contributed by atoms with Gasteiger partial charge in [-0.1, -0.05) is 37.1 Å². The summed E-state index contributed by atoms with van der Waals surface area (Å²) >= 11 is 0. The fourth-order valence-electron chi connectivity index (χ4n) is 4.79. The highest BCUT2D eigenvalue weighted by Gasteiger charge is 2.47. The average molecular weight is 432 g/mol. The van der Waals surface area contributed by atoms with Gasteiger partial charge in [-0.15, -0.1) is 10.2 Å². The predicted octanol–water partition coefficient (Wildman–Crippen LogP) is 3.31. The molecule has 0 unspecified atom stereocenters. The predicted molar refractivity (Wildman–Crippen MR) is 117 cm³/mol. The Labute approximate surface area is 185 Å². The van der Waals surface area contributed by atoms with E-state index in [4.69, 9.17) is 4.74 Å². The molecule has 8 nitrogen and oxygen atoms in total. The summed E-state index contributed by atoms with van der Waals surface area (Å²) in [5, 5.41) is 17.0. The van der Waals surface area contributed by atoms with E-state index in [0.29, 0.717) is 43.7 Å². The lowest BCUT2D eigenvalue weighted by atomic mass is 9.77. The summed E-state index contributed by atoms with van der Waals surface area (Å²) in [6, 6.07) is 0. The molecule has 2 aliphatic heterocycles. The van der Waals surface area contributed by atoms with E-state index in [-0.39, 0.29) is 17.8 Å². The van der Waals surface area contributed by atoms with Gasteiger partial charge in [-0.25, -0.2) is 0 Å². The minimum atomic E-state index is -0.0117. The number of tetrazole rings is 1. The first-order valence-corrected chi connectivity index (χ1v) is 12.0. The number of nitrogens with zero attached hydrogens (tertiary/aromatic N) is 3. The van der Waals surface area contributed by atoms with Crippen molar-refractivity contribution < 1.29 is 14.3 Å². The fraction of sp³-hybridized carbons (Fsp3) is 0.783. The number of ketones is 1. The second kappa shape index (κ2) is 12.7. The number of aryl methyl sites for hydroxylation is 1. The van der Waals surface area contributed by atoms with E-state index < -0.39 is 0 Å². The fourth-order valence-corrected chi connectivity index (χ4v) is 4.79. The number of aromatic nitrogens is 4. The normalized spacial score (nSPS) is 24.8. The van der Waals surface area contributed by atoms with E-state index in [2.05, 4.69) is 45.0 Å². The van der Waals surface area contributed by atoms with E-state index in [1.54, 1.807) is 0 Å². The molecule has 0 aliphatic carbocycles. The summed E-state index contributed by atoms with van der Waals surface area (Å²) in [5.74, 6) is 1.78. The maximum absolute atomic E-state index is 12.2. The quantitative estimate of drug-likeness (QED) is 0.326. The first-order chi connectivity index (χ1) is 15.2. The highest BCUT2D eigenvalue weighted by atomic mass is 16.5. The van der Waals surface area contributed by atoms with Gasteiger partial charge in [-0.05, 0) is 44.4 Å². The lowest BCUT2D eigenvalue weighted by molar-refractivity contribution is -0.125. The Balaban J connectivity index is 1.34. The number of rotatable bonds is 15. The molecule has 0 radical (unpaired) electrons. The number of carbonyl (C=O) groups excluding carboxylic acids is 2. The van der Waals surface area contributed by atoms with Crippen molar-refractivity contribution >= 4 is 11.7 Å². The molecule has 1 aromatic rings. The van der Waals surface area contributed by atoms with E-state index in [1.807, 2.05) is 0 Å². The molecule has 2 bridgehead atoms. The van der Waals surface area contributed by atoms with E-state index in [9.17, 15) is 9.59 Å². The van der Waals surface area contributed by atoms with Crippen LogP contribution in [0.1, 0.15) is 83.4 Å². The van der Waals surface area contributed by atoms with Crippen molar-refractivity contribution in [3.8, 4) is 0 Å². The van der Waals surface area contributed by atoms with Crippen LogP contribution in [-0.4, -0.2) is 51.1 Å². The molecule has 172 valence electrons. The van der Waals surface area contributed by atoms with Crippen LogP contribution >= 0.6 is 0 Å². The smallest absolute Gasteiger partial charge is 0.220 e. The summed E-state index contributed by atoms with van der Waals surface area (Å²) in [4.78, 5) is 24.1. The third kappa shape index (κ3) is 7.52. The second-order valence-electron chi connectivity index (χ2n) is 8.85. The lowest BCUT2D eigenvalue weighted by Crippen LogP contribution is -2.38. The molecule has 3 rings (SSSR count). The number of amides is 1. The van der Waals surface area contributed by atoms with Gasteiger partial charge in [0.05, 0.1) is 12.2 Å². The summed E-state index contributed by atoms with van der Waals surface area (Å²) in [7, 11) is 0. The Hall–Kier alpha value is -2.09. The Kier molecular flexibility index (Phi) is 9.65. The van der Waals surface area contributed by atoms with Crippen LogP contribution in [-0.2, 0) is 20.7 Å². The third-order valence-electron chi connectivity index (χ3n) is 6.55. The van der Waals surface area contributed by atoms with Gasteiger partial charge in [0, 0.05) is 38.1 Å². The van der Waals surface area contributed by atoms with Gasteiger partial charge in [0.25, 0.3) is 0 Å². The summed E-state index contributed by atoms with van der Waals surface area (Å²) in [6.45, 7) is 2.78. The molecule has 2 aliphatic rings. The molecule has 2 saturated heterocycles. The average Bonchev–Trinajstić information content (AvgIpc) is 3.51. The molecule has 0 saturated carbocycles. The number of hydrogen-bond acceptors (Lipinski definition) is 6. The number of carbonyl (C=O) groups is 2. The first kappa shape index (κ1) is 23.6. The Morgan fingerprint density at radius 2 is 1.94 bits per heavy atom. The van der Waals surface area contributed by atoms with Crippen LogP contribution in [0.25, 0.3) is 0 Å². The molecule has 1 aromatic heterocycles. The van der Waals surface area contributed by atoms with Crippen molar-refractivity contribution in [3.05, 3.63) is 18.0 Å². The topological polar surface area (TPSA) is 110 Å². The van der Waals surface area contributed by atoms with Crippen molar-refractivity contribution in [3.63, 3.8) is 0 Å². The summed E-state index contributed by atoms with van der Waals surface area (Å²) in [6.07, 6.45) is 15.5. The van der Waals surface area contributed by atoms with Crippen LogP contribution in [0.4, 0.5) is 0 Å². The van der Waals surface area contributed by atoms with Gasteiger partial charge in [0.15, 0.2) is 5.82 Å². The van der Waals surface area contributed by atoms with Gasteiger partial charge >= 0.3 is 0 Å². The number of fused-ring (bicyclic) bond motifs is 2. The minimum Gasteiger partial charge on any atom is -0.374 e. The molecular weight excluding hydrogens is 394 g/mol. The van der Waals surface area contributed by atoms with Crippen molar-refractivity contribution in [2.24, 2.45) is 11.8 Å². The number of H-pyrrole nitrogens is 1. The van der Waals surface area contributed by atoms with Crippen LogP contribution in [0, 0.1) is 11.8 Å². The molecule has 0 spiro atoms. The monoisotopic (exact) mass is 431 g/mol. The standard InChI is InChI=1S/C23H37N5O3/c1-2-3-6-9-17(29)12-15-23(30)24-16-19-18(20-13-14-21(19)31-20)10-7-4-5-8-11-22-25-27-28-26-22/h4,7,18-21H,2-3,5-6,8-16H2,1H3,(H,24,30)(H,25,26,27,28)/t18-,19+,20-,21+/m0/s1. The van der Waals surface area contributed by atoms with Crippen LogP contribution in [0.15, 0.2) is 12.2 Å². The first-order valence-electron chi connectivity index (χ1n) is 12.0. The number of Topliss-reactive ketones (excluding diaryl/α,β-unsaturated/α-hetero) is 1. The van der Waals surface area contributed by atoms with Crippen molar-refractivity contribution in [1.29, 1.82) is 0 Å². The van der Waals surface area contributed by atoms with Gasteiger partial charge < -0.3 is 10.1 Å². The molecule has 31 heavy (non-hydrogen) atoms. The maximum Gasteiger partial charge on any atom is 0.220 e. The van der Waals surface area contributed by atoms with Crippen LogP contribution in [0.2, 0.25) is 0 Å². The molecule has 1 amide bonds. The minimum absolute atomic E-state index is 0.0117. The number of nitrogens with one attached hydrogen (secondary N) is 2. The Morgan fingerprint density at radius 1 is 1.10 bits per heavy atom. The number of allylic oxidation sites excluding steroid dienone is 2. The number of hydrogen-bond donors (Lipinski definition) is 2. The zero-order valence-electron chi connectivity index (χ0n) is 18.7. The number of aromatic amines is 1. The Bertz CT molecular complexity index is 706. The zero-order chi connectivity index (χ0) is 21.9. The molecule has 2 fully saturated rings.